The van der Waals surface area contributed by atoms with Gasteiger partial charge in [-0.2, -0.15) is 4.98 Å². The van der Waals surface area contributed by atoms with Crippen LogP contribution in [-0.2, 0) is 6.54 Å². The molecule has 0 bridgehead atoms. The van der Waals surface area contributed by atoms with Crippen molar-refractivity contribution in [3.63, 3.8) is 0 Å². The Bertz CT molecular complexity index is 508. The first kappa shape index (κ1) is 11.1. The Morgan fingerprint density at radius 2 is 2.12 bits per heavy atom. The first-order valence-electron chi connectivity index (χ1n) is 5.14. The molecule has 6 heteroatoms. The second-order valence-electron chi connectivity index (χ2n) is 3.69. The van der Waals surface area contributed by atoms with Gasteiger partial charge in [-0.1, -0.05) is 30.3 Å². The lowest BCUT2D eigenvalue weighted by molar-refractivity contribution is 0.0773. The lowest BCUT2D eigenvalue weighted by Crippen LogP contribution is -2.27. The number of aromatic amines is 1. The zero-order valence-electron chi connectivity index (χ0n) is 9.42. The fourth-order valence-electron chi connectivity index (χ4n) is 1.48. The third-order valence-electron chi connectivity index (χ3n) is 2.31. The molecule has 0 spiro atoms. The molecule has 88 valence electrons. The normalized spacial score (nSPS) is 10.2. The Hall–Kier alpha value is -2.37. The molecular formula is C11H13N5O. The Kier molecular flexibility index (Phi) is 3.04. The van der Waals surface area contributed by atoms with Crippen LogP contribution in [0.2, 0.25) is 0 Å². The molecule has 0 fully saturated rings. The molecular weight excluding hydrogens is 218 g/mol. The van der Waals surface area contributed by atoms with Crippen LogP contribution < -0.4 is 5.73 Å². The minimum atomic E-state index is -0.238. The molecule has 2 rings (SSSR count). The topological polar surface area (TPSA) is 87.9 Å². The van der Waals surface area contributed by atoms with Crippen molar-refractivity contribution in [1.29, 1.82) is 0 Å². The van der Waals surface area contributed by atoms with Crippen LogP contribution in [0.25, 0.3) is 0 Å². The smallest absolute Gasteiger partial charge is 0.291 e. The van der Waals surface area contributed by atoms with Gasteiger partial charge in [0, 0.05) is 13.6 Å². The van der Waals surface area contributed by atoms with Gasteiger partial charge in [0.2, 0.25) is 11.8 Å². The fourth-order valence-corrected chi connectivity index (χ4v) is 1.48. The zero-order chi connectivity index (χ0) is 12.3. The van der Waals surface area contributed by atoms with Crippen molar-refractivity contribution in [2.75, 3.05) is 12.8 Å². The summed E-state index contributed by atoms with van der Waals surface area (Å²) in [6.45, 7) is 0.514. The van der Waals surface area contributed by atoms with Crippen molar-refractivity contribution in [2.45, 2.75) is 6.54 Å². The van der Waals surface area contributed by atoms with Crippen molar-refractivity contribution in [2.24, 2.45) is 0 Å². The number of nitrogens with zero attached hydrogens (tertiary/aromatic N) is 3. The van der Waals surface area contributed by atoms with Crippen LogP contribution in [0.4, 0.5) is 5.95 Å². The molecule has 0 saturated carbocycles. The second kappa shape index (κ2) is 4.65. The Morgan fingerprint density at radius 3 is 2.71 bits per heavy atom. The van der Waals surface area contributed by atoms with Gasteiger partial charge in [-0.15, -0.1) is 5.10 Å². The van der Waals surface area contributed by atoms with Crippen molar-refractivity contribution < 1.29 is 4.79 Å². The summed E-state index contributed by atoms with van der Waals surface area (Å²) in [5.41, 5.74) is 6.40. The number of rotatable bonds is 3. The predicted octanol–water partition coefficient (Wildman–Crippen LogP) is 0.659. The maximum atomic E-state index is 11.9. The van der Waals surface area contributed by atoms with Crippen molar-refractivity contribution in [3.05, 3.63) is 41.7 Å². The molecule has 0 saturated heterocycles. The Morgan fingerprint density at radius 1 is 1.41 bits per heavy atom. The van der Waals surface area contributed by atoms with E-state index in [1.807, 2.05) is 30.3 Å². The third-order valence-corrected chi connectivity index (χ3v) is 2.31. The highest BCUT2D eigenvalue weighted by Gasteiger charge is 2.15. The summed E-state index contributed by atoms with van der Waals surface area (Å²) in [6.07, 6.45) is 0. The molecule has 1 aromatic heterocycles. The summed E-state index contributed by atoms with van der Waals surface area (Å²) in [5, 5.41) is 6.12. The van der Waals surface area contributed by atoms with Crippen LogP contribution in [0.3, 0.4) is 0 Å². The van der Waals surface area contributed by atoms with Crippen LogP contribution >= 0.6 is 0 Å². The summed E-state index contributed by atoms with van der Waals surface area (Å²) < 4.78 is 0. The van der Waals surface area contributed by atoms with Gasteiger partial charge in [0.25, 0.3) is 5.91 Å². The highest BCUT2D eigenvalue weighted by Crippen LogP contribution is 2.05. The van der Waals surface area contributed by atoms with Gasteiger partial charge in [-0.05, 0) is 5.56 Å². The van der Waals surface area contributed by atoms with E-state index in [0.717, 1.165) is 5.56 Å². The molecule has 0 aliphatic heterocycles. The minimum absolute atomic E-state index is 0.0708. The lowest BCUT2D eigenvalue weighted by Gasteiger charge is -2.15. The molecule has 1 aromatic carbocycles. The van der Waals surface area contributed by atoms with Crippen molar-refractivity contribution in [3.8, 4) is 0 Å². The average molecular weight is 231 g/mol. The molecule has 0 atom stereocenters. The highest BCUT2D eigenvalue weighted by molar-refractivity contribution is 5.90. The molecule has 0 aliphatic carbocycles. The number of anilines is 1. The number of nitrogens with two attached hydrogens (primary N) is 1. The van der Waals surface area contributed by atoms with Gasteiger partial charge in [0.1, 0.15) is 0 Å². The van der Waals surface area contributed by atoms with Gasteiger partial charge in [0.05, 0.1) is 0 Å². The van der Waals surface area contributed by atoms with E-state index in [-0.39, 0.29) is 17.7 Å². The van der Waals surface area contributed by atoms with Gasteiger partial charge in [0.15, 0.2) is 0 Å². The third kappa shape index (κ3) is 2.60. The lowest BCUT2D eigenvalue weighted by atomic mass is 10.2. The number of benzene rings is 1. The molecule has 6 nitrogen and oxygen atoms in total. The number of carbonyl (C=O) groups is 1. The number of H-pyrrole nitrogens is 1. The quantitative estimate of drug-likeness (QED) is 0.812. The van der Waals surface area contributed by atoms with Crippen LogP contribution in [0, 0.1) is 0 Å². The number of amides is 1. The van der Waals surface area contributed by atoms with E-state index in [4.69, 9.17) is 5.73 Å². The predicted molar refractivity (Wildman–Crippen MR) is 63.0 cm³/mol. The molecule has 17 heavy (non-hydrogen) atoms. The standard InChI is InChI=1S/C11H13N5O/c1-16(7-8-5-3-2-4-6-8)10(17)9-13-11(12)15-14-9/h2-6H,7H2,1H3,(H3,12,13,14,15). The SMILES string of the molecule is CN(Cc1ccccc1)C(=O)c1nc(N)n[nH]1. The maximum Gasteiger partial charge on any atom is 0.291 e. The largest absolute Gasteiger partial charge is 0.366 e. The summed E-state index contributed by atoms with van der Waals surface area (Å²) in [7, 11) is 1.70. The van der Waals surface area contributed by atoms with Crippen LogP contribution in [0.15, 0.2) is 30.3 Å². The Labute approximate surface area is 98.5 Å². The van der Waals surface area contributed by atoms with Crippen LogP contribution in [-0.4, -0.2) is 33.0 Å². The molecule has 3 N–H and O–H groups in total. The first-order chi connectivity index (χ1) is 8.16. The molecule has 1 amide bonds. The average Bonchev–Trinajstić information content (AvgIpc) is 2.76. The Balaban J connectivity index is 2.06. The number of hydrogen-bond donors (Lipinski definition) is 2. The minimum Gasteiger partial charge on any atom is -0.366 e. The zero-order valence-corrected chi connectivity index (χ0v) is 9.42. The number of carbonyl (C=O) groups excluding carboxylic acids is 1. The van der Waals surface area contributed by atoms with Gasteiger partial charge in [-0.3, -0.25) is 9.89 Å². The van der Waals surface area contributed by atoms with Gasteiger partial charge < -0.3 is 10.6 Å². The van der Waals surface area contributed by atoms with E-state index >= 15 is 0 Å². The molecule has 0 radical (unpaired) electrons. The van der Waals surface area contributed by atoms with Crippen LogP contribution in [0.1, 0.15) is 16.2 Å². The van der Waals surface area contributed by atoms with Gasteiger partial charge in [-0.25, -0.2) is 0 Å². The van der Waals surface area contributed by atoms with E-state index < -0.39 is 0 Å². The first-order valence-corrected chi connectivity index (χ1v) is 5.14. The van der Waals surface area contributed by atoms with E-state index in [1.54, 1.807) is 11.9 Å². The van der Waals surface area contributed by atoms with E-state index in [1.165, 1.54) is 0 Å². The highest BCUT2D eigenvalue weighted by atomic mass is 16.2. The monoisotopic (exact) mass is 231 g/mol. The van der Waals surface area contributed by atoms with E-state index in [0.29, 0.717) is 6.54 Å². The summed E-state index contributed by atoms with van der Waals surface area (Å²) >= 11 is 0. The van der Waals surface area contributed by atoms with Crippen molar-refractivity contribution >= 4 is 11.9 Å². The summed E-state index contributed by atoms with van der Waals surface area (Å²) in [4.78, 5) is 17.2. The van der Waals surface area contributed by atoms with E-state index in [2.05, 4.69) is 15.2 Å². The van der Waals surface area contributed by atoms with Crippen molar-refractivity contribution in [1.82, 2.24) is 20.1 Å². The van der Waals surface area contributed by atoms with E-state index in [9.17, 15) is 4.79 Å². The molecule has 0 unspecified atom stereocenters. The summed E-state index contributed by atoms with van der Waals surface area (Å²) in [5.74, 6) is -0.0135. The number of hydrogen-bond acceptors (Lipinski definition) is 4. The summed E-state index contributed by atoms with van der Waals surface area (Å²) in [6, 6.07) is 9.71. The number of nitrogens with one attached hydrogen (secondary N) is 1. The van der Waals surface area contributed by atoms with Crippen LogP contribution in [0.5, 0.6) is 0 Å². The van der Waals surface area contributed by atoms with Gasteiger partial charge >= 0.3 is 0 Å². The second-order valence-corrected chi connectivity index (χ2v) is 3.69. The molecule has 2 aromatic rings. The fraction of sp³-hybridized carbons (Fsp3) is 0.182. The maximum absolute atomic E-state index is 11.9. The number of aromatic nitrogens is 3. The molecule has 1 heterocycles. The molecule has 0 aliphatic rings. The number of nitrogen functional groups attached to an aromatic ring is 1.